The second kappa shape index (κ2) is 9.03. The van der Waals surface area contributed by atoms with Gasteiger partial charge in [-0.25, -0.2) is 16.8 Å². The van der Waals surface area contributed by atoms with E-state index in [9.17, 15) is 26.9 Å². The number of sulfonamides is 2. The number of nitro benzene ring substituents is 1. The van der Waals surface area contributed by atoms with Crippen molar-refractivity contribution >= 4 is 25.7 Å². The van der Waals surface area contributed by atoms with Gasteiger partial charge in [0.2, 0.25) is 20.0 Å². The van der Waals surface area contributed by atoms with Gasteiger partial charge in [-0.1, -0.05) is 26.0 Å². The first-order valence-corrected chi connectivity index (χ1v) is 12.8. The molecule has 1 aliphatic heterocycles. The van der Waals surface area contributed by atoms with Crippen LogP contribution < -0.4 is 0 Å². The molecule has 2 aromatic rings. The predicted octanol–water partition coefficient (Wildman–Crippen LogP) is 2.80. The van der Waals surface area contributed by atoms with Crippen LogP contribution in [-0.4, -0.2) is 56.5 Å². The van der Waals surface area contributed by atoms with Crippen LogP contribution in [0.3, 0.4) is 0 Å². The third-order valence-electron chi connectivity index (χ3n) is 5.58. The highest BCUT2D eigenvalue weighted by atomic mass is 32.2. The maximum absolute atomic E-state index is 13.0. The monoisotopic (exact) mass is 467 g/mol. The average Bonchev–Trinajstić information content (AvgIpc) is 2.78. The van der Waals surface area contributed by atoms with Gasteiger partial charge in [0.15, 0.2) is 0 Å². The van der Waals surface area contributed by atoms with Gasteiger partial charge in [-0.15, -0.1) is 0 Å². The Hall–Kier alpha value is -2.34. The van der Waals surface area contributed by atoms with Crippen LogP contribution in [0.5, 0.6) is 0 Å². The molecule has 9 nitrogen and oxygen atoms in total. The fraction of sp³-hybridized carbons (Fsp3) is 0.400. The van der Waals surface area contributed by atoms with Gasteiger partial charge < -0.3 is 0 Å². The maximum atomic E-state index is 13.0. The molecule has 0 spiro atoms. The zero-order valence-corrected chi connectivity index (χ0v) is 19.0. The number of benzene rings is 2. The third-order valence-corrected chi connectivity index (χ3v) is 9.41. The van der Waals surface area contributed by atoms with E-state index < -0.39 is 25.0 Å². The van der Waals surface area contributed by atoms with Crippen molar-refractivity contribution in [1.82, 2.24) is 8.61 Å². The molecule has 168 valence electrons. The topological polar surface area (TPSA) is 118 Å². The Morgan fingerprint density at radius 2 is 1.23 bits per heavy atom. The molecule has 0 bridgehead atoms. The quantitative estimate of drug-likeness (QED) is 0.456. The molecule has 1 fully saturated rings. The summed E-state index contributed by atoms with van der Waals surface area (Å²) in [5, 5.41) is 10.8. The fourth-order valence-electron chi connectivity index (χ4n) is 3.39. The number of hydrogen-bond acceptors (Lipinski definition) is 6. The highest BCUT2D eigenvalue weighted by Gasteiger charge is 2.34. The summed E-state index contributed by atoms with van der Waals surface area (Å²) in [6.45, 7) is 4.21. The molecule has 2 aromatic carbocycles. The summed E-state index contributed by atoms with van der Waals surface area (Å²) in [4.78, 5) is 10.3. The lowest BCUT2D eigenvalue weighted by atomic mass is 9.99. The lowest BCUT2D eigenvalue weighted by molar-refractivity contribution is -0.384. The van der Waals surface area contributed by atoms with Crippen LogP contribution in [0, 0.1) is 10.1 Å². The van der Waals surface area contributed by atoms with Gasteiger partial charge in [0, 0.05) is 38.3 Å². The molecule has 1 aliphatic rings. The van der Waals surface area contributed by atoms with Crippen LogP contribution in [0.25, 0.3) is 0 Å². The zero-order valence-electron chi connectivity index (χ0n) is 17.3. The first-order valence-electron chi connectivity index (χ1n) is 9.92. The molecule has 1 saturated heterocycles. The molecule has 1 unspecified atom stereocenters. The van der Waals surface area contributed by atoms with Gasteiger partial charge in [-0.2, -0.15) is 8.61 Å². The molecule has 1 atom stereocenters. The smallest absolute Gasteiger partial charge is 0.258 e. The van der Waals surface area contributed by atoms with Crippen molar-refractivity contribution in [2.24, 2.45) is 0 Å². The fourth-order valence-corrected chi connectivity index (χ4v) is 6.24. The van der Waals surface area contributed by atoms with E-state index in [0.717, 1.165) is 24.1 Å². The Morgan fingerprint density at radius 3 is 1.58 bits per heavy atom. The molecule has 0 radical (unpaired) electrons. The molecule has 0 saturated carbocycles. The number of piperazine rings is 1. The molecule has 11 heteroatoms. The van der Waals surface area contributed by atoms with Gasteiger partial charge in [0.1, 0.15) is 0 Å². The van der Waals surface area contributed by atoms with Gasteiger partial charge in [-0.05, 0) is 42.2 Å². The van der Waals surface area contributed by atoms with E-state index in [4.69, 9.17) is 0 Å². The van der Waals surface area contributed by atoms with Gasteiger partial charge in [0.05, 0.1) is 14.7 Å². The van der Waals surface area contributed by atoms with E-state index in [1.165, 1.54) is 20.7 Å². The second-order valence-electron chi connectivity index (χ2n) is 7.44. The molecular formula is C20H25N3O6S2. The molecule has 3 rings (SSSR count). The Morgan fingerprint density at radius 1 is 0.839 bits per heavy atom. The van der Waals surface area contributed by atoms with Crippen LogP contribution >= 0.6 is 0 Å². The van der Waals surface area contributed by atoms with Crippen LogP contribution in [-0.2, 0) is 20.0 Å². The van der Waals surface area contributed by atoms with E-state index in [-0.39, 0.29) is 41.7 Å². The molecule has 0 amide bonds. The van der Waals surface area contributed by atoms with E-state index in [0.29, 0.717) is 5.92 Å². The van der Waals surface area contributed by atoms with E-state index in [1.807, 2.05) is 12.1 Å². The van der Waals surface area contributed by atoms with Crippen LogP contribution in [0.1, 0.15) is 31.7 Å². The molecule has 0 aliphatic carbocycles. The Bertz CT molecular complexity index is 1140. The van der Waals surface area contributed by atoms with Gasteiger partial charge in [0.25, 0.3) is 5.69 Å². The lowest BCUT2D eigenvalue weighted by Gasteiger charge is -2.33. The molecule has 0 aromatic heterocycles. The number of non-ortho nitro benzene ring substituents is 1. The van der Waals surface area contributed by atoms with Crippen molar-refractivity contribution in [3.8, 4) is 0 Å². The zero-order chi connectivity index (χ0) is 22.8. The van der Waals surface area contributed by atoms with Crippen LogP contribution in [0.4, 0.5) is 5.69 Å². The minimum Gasteiger partial charge on any atom is -0.258 e. The summed E-state index contributed by atoms with van der Waals surface area (Å²) in [6, 6.07) is 11.5. The highest BCUT2D eigenvalue weighted by molar-refractivity contribution is 7.89. The minimum absolute atomic E-state index is 0.00348. The van der Waals surface area contributed by atoms with Crippen molar-refractivity contribution in [1.29, 1.82) is 0 Å². The number of nitrogens with zero attached hydrogens (tertiary/aromatic N) is 3. The van der Waals surface area contributed by atoms with E-state index >= 15 is 0 Å². The summed E-state index contributed by atoms with van der Waals surface area (Å²) in [6.07, 6.45) is 0.956. The molecule has 1 heterocycles. The minimum atomic E-state index is -3.87. The standard InChI is InChI=1S/C20H25N3O6S2/c1-3-16(2)17-4-8-19(9-5-17)30(26,27)21-12-14-22(15-13-21)31(28,29)20-10-6-18(7-11-20)23(24)25/h4-11,16H,3,12-15H2,1-2H3. The normalized spacial score (nSPS) is 17.4. The number of hydrogen-bond donors (Lipinski definition) is 0. The van der Waals surface area contributed by atoms with E-state index in [1.54, 1.807) is 12.1 Å². The average molecular weight is 468 g/mol. The van der Waals surface area contributed by atoms with Crippen molar-refractivity contribution in [3.63, 3.8) is 0 Å². The van der Waals surface area contributed by atoms with Crippen molar-refractivity contribution in [2.75, 3.05) is 26.2 Å². The Balaban J connectivity index is 1.71. The first kappa shape index (κ1) is 23.3. The molecular weight excluding hydrogens is 442 g/mol. The number of nitro groups is 1. The van der Waals surface area contributed by atoms with Crippen molar-refractivity contribution < 1.29 is 21.8 Å². The number of rotatable bonds is 7. The Kier molecular flexibility index (Phi) is 6.79. The molecule has 0 N–H and O–H groups in total. The summed E-state index contributed by atoms with van der Waals surface area (Å²) >= 11 is 0. The predicted molar refractivity (Wildman–Crippen MR) is 116 cm³/mol. The van der Waals surface area contributed by atoms with Crippen LogP contribution in [0.2, 0.25) is 0 Å². The molecule has 31 heavy (non-hydrogen) atoms. The lowest BCUT2D eigenvalue weighted by Crippen LogP contribution is -2.50. The van der Waals surface area contributed by atoms with Crippen molar-refractivity contribution in [3.05, 3.63) is 64.2 Å². The van der Waals surface area contributed by atoms with Crippen molar-refractivity contribution in [2.45, 2.75) is 36.0 Å². The SMILES string of the molecule is CCC(C)c1ccc(S(=O)(=O)N2CCN(S(=O)(=O)c3ccc([N+](=O)[O-])cc3)CC2)cc1. The first-order chi connectivity index (χ1) is 14.6. The summed E-state index contributed by atoms with van der Waals surface area (Å²) < 4.78 is 54.0. The highest BCUT2D eigenvalue weighted by Crippen LogP contribution is 2.25. The van der Waals surface area contributed by atoms with E-state index in [2.05, 4.69) is 13.8 Å². The van der Waals surface area contributed by atoms with Gasteiger partial charge >= 0.3 is 0 Å². The maximum Gasteiger partial charge on any atom is 0.269 e. The Labute approximate surface area is 182 Å². The summed E-state index contributed by atoms with van der Waals surface area (Å²) in [5.74, 6) is 0.338. The summed E-state index contributed by atoms with van der Waals surface area (Å²) in [5.41, 5.74) is 0.870. The largest absolute Gasteiger partial charge is 0.269 e. The van der Waals surface area contributed by atoms with Gasteiger partial charge in [-0.3, -0.25) is 10.1 Å². The third kappa shape index (κ3) is 4.79. The second-order valence-corrected chi connectivity index (χ2v) is 11.3. The van der Waals surface area contributed by atoms with Crippen LogP contribution in [0.15, 0.2) is 58.3 Å². The summed E-state index contributed by atoms with van der Waals surface area (Å²) in [7, 11) is -7.59.